The molecule has 1 fully saturated rings. The highest BCUT2D eigenvalue weighted by atomic mass is 32.1. The predicted octanol–water partition coefficient (Wildman–Crippen LogP) is 1.05. The summed E-state index contributed by atoms with van der Waals surface area (Å²) in [4.78, 5) is 27.4. The molecule has 25 heavy (non-hydrogen) atoms. The molecule has 0 atom stereocenters. The molecule has 2 heterocycles. The maximum atomic E-state index is 12.5. The number of thiophene rings is 1. The summed E-state index contributed by atoms with van der Waals surface area (Å²) in [6, 6.07) is 0. The molecule has 3 rings (SSSR count). The van der Waals surface area contributed by atoms with Crippen LogP contribution in [0, 0.1) is 0 Å². The second-order valence-corrected chi connectivity index (χ2v) is 7.68. The van der Waals surface area contributed by atoms with Crippen LogP contribution in [0.4, 0.5) is 5.00 Å². The average Bonchev–Trinajstić information content (AvgIpc) is 2.77. The Labute approximate surface area is 152 Å². The summed E-state index contributed by atoms with van der Waals surface area (Å²) in [5, 5.41) is 3.66. The number of rotatable bonds is 5. The number of carbonyl (C=O) groups is 2. The number of hydrogen-bond donors (Lipinski definition) is 2. The lowest BCUT2D eigenvalue weighted by Gasteiger charge is -2.23. The van der Waals surface area contributed by atoms with Crippen LogP contribution in [0.3, 0.4) is 0 Å². The molecule has 0 saturated carbocycles. The van der Waals surface area contributed by atoms with Crippen molar-refractivity contribution in [1.82, 2.24) is 0 Å². The van der Waals surface area contributed by atoms with Gasteiger partial charge in [0.15, 0.2) is 6.54 Å². The van der Waals surface area contributed by atoms with Crippen molar-refractivity contribution in [3.63, 3.8) is 0 Å². The van der Waals surface area contributed by atoms with E-state index in [-0.39, 0.29) is 11.9 Å². The highest BCUT2D eigenvalue weighted by Crippen LogP contribution is 2.37. The number of carbonyl (C=O) groups excluding carboxylic acids is 2. The average molecular weight is 367 g/mol. The van der Waals surface area contributed by atoms with Gasteiger partial charge in [-0.2, -0.15) is 0 Å². The molecular formula is C18H27N2O4S+. The summed E-state index contributed by atoms with van der Waals surface area (Å²) in [5.41, 5.74) is 1.68. The quantitative estimate of drug-likeness (QED) is 0.603. The summed E-state index contributed by atoms with van der Waals surface area (Å²) in [7, 11) is 0. The van der Waals surface area contributed by atoms with Gasteiger partial charge in [-0.15, -0.1) is 11.3 Å². The Morgan fingerprint density at radius 3 is 2.72 bits per heavy atom. The summed E-state index contributed by atoms with van der Waals surface area (Å²) >= 11 is 1.55. The van der Waals surface area contributed by atoms with Crippen LogP contribution in [0.25, 0.3) is 0 Å². The Balaban J connectivity index is 1.77. The summed E-state index contributed by atoms with van der Waals surface area (Å²) in [6.07, 6.45) is 5.29. The van der Waals surface area contributed by atoms with E-state index in [9.17, 15) is 9.59 Å². The molecule has 0 aromatic carbocycles. The Morgan fingerprint density at radius 1 is 1.20 bits per heavy atom. The van der Waals surface area contributed by atoms with E-state index in [1.807, 2.05) is 6.92 Å². The molecule has 2 aliphatic rings. The largest absolute Gasteiger partial charge is 0.462 e. The number of hydrogen-bond acceptors (Lipinski definition) is 5. The number of aryl methyl sites for hydroxylation is 1. The van der Waals surface area contributed by atoms with Gasteiger partial charge in [-0.25, -0.2) is 4.79 Å². The summed E-state index contributed by atoms with van der Waals surface area (Å²) in [5.74, 6) is -0.352. The second kappa shape index (κ2) is 8.78. The van der Waals surface area contributed by atoms with E-state index in [1.54, 1.807) is 11.3 Å². The SMILES string of the molecule is CCOC(=O)c1c(NC(=O)C[NH+]2CCOCC2)sc2c1CCCCC2. The molecule has 1 aromatic rings. The third kappa shape index (κ3) is 4.59. The van der Waals surface area contributed by atoms with Crippen LogP contribution in [0.15, 0.2) is 0 Å². The van der Waals surface area contributed by atoms with Crippen molar-refractivity contribution in [2.45, 2.75) is 39.0 Å². The minimum Gasteiger partial charge on any atom is -0.462 e. The van der Waals surface area contributed by atoms with Gasteiger partial charge in [0.05, 0.1) is 25.4 Å². The fraction of sp³-hybridized carbons (Fsp3) is 0.667. The third-order valence-corrected chi connectivity index (χ3v) is 5.97. The topological polar surface area (TPSA) is 69.1 Å². The van der Waals surface area contributed by atoms with E-state index in [0.717, 1.165) is 44.3 Å². The van der Waals surface area contributed by atoms with Crippen molar-refractivity contribution in [2.75, 3.05) is 44.8 Å². The molecule has 0 bridgehead atoms. The molecule has 0 radical (unpaired) electrons. The van der Waals surface area contributed by atoms with Gasteiger partial charge in [0.1, 0.15) is 18.1 Å². The Kier molecular flexibility index (Phi) is 6.45. The first-order valence-electron chi connectivity index (χ1n) is 9.22. The number of nitrogens with one attached hydrogen (secondary N) is 2. The number of anilines is 1. The van der Waals surface area contributed by atoms with Gasteiger partial charge < -0.3 is 19.7 Å². The van der Waals surface area contributed by atoms with Crippen molar-refractivity contribution < 1.29 is 24.0 Å². The van der Waals surface area contributed by atoms with Crippen LogP contribution in [-0.2, 0) is 27.1 Å². The van der Waals surface area contributed by atoms with Crippen LogP contribution in [0.1, 0.15) is 47.0 Å². The number of ether oxygens (including phenoxy) is 2. The molecule has 1 saturated heterocycles. The molecule has 7 heteroatoms. The van der Waals surface area contributed by atoms with Crippen LogP contribution < -0.4 is 10.2 Å². The van der Waals surface area contributed by atoms with E-state index in [1.165, 1.54) is 16.2 Å². The summed E-state index contributed by atoms with van der Waals surface area (Å²) < 4.78 is 10.6. The molecule has 1 aliphatic carbocycles. The van der Waals surface area contributed by atoms with Crippen molar-refractivity contribution in [2.24, 2.45) is 0 Å². The van der Waals surface area contributed by atoms with Crippen molar-refractivity contribution in [1.29, 1.82) is 0 Å². The maximum Gasteiger partial charge on any atom is 0.341 e. The monoisotopic (exact) mass is 367 g/mol. The minimum absolute atomic E-state index is 0.0427. The van der Waals surface area contributed by atoms with Crippen molar-refractivity contribution in [3.05, 3.63) is 16.0 Å². The van der Waals surface area contributed by atoms with Crippen molar-refractivity contribution >= 4 is 28.2 Å². The van der Waals surface area contributed by atoms with Gasteiger partial charge in [0.2, 0.25) is 0 Å². The first-order chi connectivity index (χ1) is 12.2. The fourth-order valence-corrected chi connectivity index (χ4v) is 4.78. The lowest BCUT2D eigenvalue weighted by Crippen LogP contribution is -3.15. The molecule has 138 valence electrons. The number of morpholine rings is 1. The zero-order valence-electron chi connectivity index (χ0n) is 14.8. The highest BCUT2D eigenvalue weighted by molar-refractivity contribution is 7.17. The number of fused-ring (bicyclic) bond motifs is 1. The fourth-order valence-electron chi connectivity index (χ4n) is 3.48. The van der Waals surface area contributed by atoms with E-state index in [2.05, 4.69) is 5.32 Å². The maximum absolute atomic E-state index is 12.5. The number of esters is 1. The third-order valence-electron chi connectivity index (χ3n) is 4.76. The minimum atomic E-state index is -0.309. The second-order valence-electron chi connectivity index (χ2n) is 6.58. The molecule has 1 aliphatic heterocycles. The van der Waals surface area contributed by atoms with Crippen LogP contribution in [0.5, 0.6) is 0 Å². The molecule has 2 N–H and O–H groups in total. The smallest absolute Gasteiger partial charge is 0.341 e. The van der Waals surface area contributed by atoms with Gasteiger partial charge in [-0.3, -0.25) is 4.79 Å². The predicted molar refractivity (Wildman–Crippen MR) is 96.5 cm³/mol. The molecule has 1 amide bonds. The first kappa shape index (κ1) is 18.4. The molecule has 1 aromatic heterocycles. The lowest BCUT2D eigenvalue weighted by atomic mass is 10.1. The van der Waals surface area contributed by atoms with Gasteiger partial charge in [0.25, 0.3) is 5.91 Å². The number of quaternary nitrogens is 1. The molecule has 0 spiro atoms. The van der Waals surface area contributed by atoms with Crippen LogP contribution in [0.2, 0.25) is 0 Å². The molecule has 0 unspecified atom stereocenters. The van der Waals surface area contributed by atoms with Gasteiger partial charge in [-0.1, -0.05) is 6.42 Å². The van der Waals surface area contributed by atoms with Gasteiger partial charge >= 0.3 is 5.97 Å². The Morgan fingerprint density at radius 2 is 1.96 bits per heavy atom. The van der Waals surface area contributed by atoms with Crippen LogP contribution in [-0.4, -0.2) is 51.3 Å². The van der Waals surface area contributed by atoms with E-state index >= 15 is 0 Å². The summed E-state index contributed by atoms with van der Waals surface area (Å²) in [6.45, 7) is 5.65. The molecule has 6 nitrogen and oxygen atoms in total. The Hall–Kier alpha value is -1.44. The van der Waals surface area contributed by atoms with Crippen molar-refractivity contribution in [3.8, 4) is 0 Å². The highest BCUT2D eigenvalue weighted by Gasteiger charge is 2.27. The first-order valence-corrected chi connectivity index (χ1v) is 10.0. The van der Waals surface area contributed by atoms with E-state index in [4.69, 9.17) is 9.47 Å². The standard InChI is InChI=1S/C18H26N2O4S/c1-2-24-18(22)16-13-6-4-3-5-7-14(13)25-17(16)19-15(21)12-20-8-10-23-11-9-20/h2-12H2,1H3,(H,19,21)/p+1. The van der Waals surface area contributed by atoms with Crippen LogP contribution >= 0.6 is 11.3 Å². The zero-order chi connectivity index (χ0) is 17.6. The van der Waals surface area contributed by atoms with E-state index in [0.29, 0.717) is 36.9 Å². The molecular weight excluding hydrogens is 340 g/mol. The Bertz CT molecular complexity index is 623. The number of amides is 1. The zero-order valence-corrected chi connectivity index (χ0v) is 15.6. The van der Waals surface area contributed by atoms with E-state index < -0.39 is 0 Å². The van der Waals surface area contributed by atoms with Gasteiger partial charge in [-0.05, 0) is 38.2 Å². The van der Waals surface area contributed by atoms with Gasteiger partial charge in [0, 0.05) is 4.88 Å². The normalized spacial score (nSPS) is 18.3. The lowest BCUT2D eigenvalue weighted by molar-refractivity contribution is -0.899.